The minimum absolute atomic E-state index is 0.635. The van der Waals surface area contributed by atoms with E-state index in [0.717, 1.165) is 53.3 Å². The Morgan fingerprint density at radius 1 is 1.07 bits per heavy atom. The van der Waals surface area contributed by atoms with Crippen LogP contribution in [0, 0.1) is 0 Å². The van der Waals surface area contributed by atoms with E-state index in [9.17, 15) is 0 Å². The van der Waals surface area contributed by atoms with Crippen molar-refractivity contribution in [3.63, 3.8) is 0 Å². The molecule has 4 rings (SSSR count). The summed E-state index contributed by atoms with van der Waals surface area (Å²) in [6.45, 7) is 3.18. The van der Waals surface area contributed by atoms with Gasteiger partial charge in [0.2, 0.25) is 0 Å². The van der Waals surface area contributed by atoms with Crippen molar-refractivity contribution < 1.29 is 4.74 Å². The maximum atomic E-state index is 6.17. The maximum Gasteiger partial charge on any atom is 0.186 e. The van der Waals surface area contributed by atoms with Crippen molar-refractivity contribution in [2.24, 2.45) is 5.10 Å². The number of morpholine rings is 1. The number of rotatable bonds is 5. The second-order valence-electron chi connectivity index (χ2n) is 6.02. The van der Waals surface area contributed by atoms with Gasteiger partial charge in [-0.1, -0.05) is 65.4 Å². The molecule has 0 amide bonds. The van der Waals surface area contributed by atoms with Gasteiger partial charge in [-0.25, -0.2) is 4.98 Å². The SMILES string of the molecule is Clc1ccccc1N/N=C/c1sc(N2CCOCC2)nc1-c1ccccc1. The molecule has 3 aromatic rings. The average Bonchev–Trinajstić information content (AvgIpc) is 3.15. The summed E-state index contributed by atoms with van der Waals surface area (Å²) in [5, 5.41) is 6.02. The summed E-state index contributed by atoms with van der Waals surface area (Å²) in [5.74, 6) is 0. The van der Waals surface area contributed by atoms with Crippen molar-refractivity contribution in [1.29, 1.82) is 0 Å². The first-order valence-electron chi connectivity index (χ1n) is 8.74. The molecule has 1 aliphatic rings. The molecule has 1 fully saturated rings. The fourth-order valence-corrected chi connectivity index (χ4v) is 4.00. The molecule has 1 N–H and O–H groups in total. The molecule has 0 atom stereocenters. The smallest absolute Gasteiger partial charge is 0.186 e. The summed E-state index contributed by atoms with van der Waals surface area (Å²) in [5.41, 5.74) is 5.80. The van der Waals surface area contributed by atoms with Crippen LogP contribution in [0.1, 0.15) is 4.88 Å². The number of anilines is 2. The summed E-state index contributed by atoms with van der Waals surface area (Å²) in [6, 6.07) is 17.7. The van der Waals surface area contributed by atoms with Crippen LogP contribution in [0.3, 0.4) is 0 Å². The minimum atomic E-state index is 0.635. The van der Waals surface area contributed by atoms with Gasteiger partial charge in [0, 0.05) is 18.7 Å². The Morgan fingerprint density at radius 3 is 2.59 bits per heavy atom. The number of benzene rings is 2. The molecule has 1 aromatic heterocycles. The summed E-state index contributed by atoms with van der Waals surface area (Å²) in [4.78, 5) is 8.16. The van der Waals surface area contributed by atoms with Gasteiger partial charge in [0.1, 0.15) is 0 Å². The van der Waals surface area contributed by atoms with Crippen LogP contribution in [-0.2, 0) is 4.74 Å². The zero-order valence-electron chi connectivity index (χ0n) is 14.6. The van der Waals surface area contributed by atoms with Crippen LogP contribution in [0.5, 0.6) is 0 Å². The van der Waals surface area contributed by atoms with Gasteiger partial charge in [0.15, 0.2) is 5.13 Å². The van der Waals surface area contributed by atoms with Gasteiger partial charge >= 0.3 is 0 Å². The predicted octanol–water partition coefficient (Wildman–Crippen LogP) is 4.75. The van der Waals surface area contributed by atoms with Crippen LogP contribution < -0.4 is 10.3 Å². The van der Waals surface area contributed by atoms with Gasteiger partial charge in [-0.3, -0.25) is 5.43 Å². The standard InChI is InChI=1S/C20H19ClN4OS/c21-16-8-4-5-9-17(16)24-22-14-18-19(15-6-2-1-3-7-15)23-20(27-18)25-10-12-26-13-11-25/h1-9,14,24H,10-13H2/b22-14+. The van der Waals surface area contributed by atoms with E-state index in [1.807, 2.05) is 48.7 Å². The fourth-order valence-electron chi connectivity index (χ4n) is 2.81. The van der Waals surface area contributed by atoms with Crippen LogP contribution >= 0.6 is 22.9 Å². The van der Waals surface area contributed by atoms with E-state index in [2.05, 4.69) is 27.6 Å². The lowest BCUT2D eigenvalue weighted by Gasteiger charge is -2.26. The van der Waals surface area contributed by atoms with Crippen molar-refractivity contribution >= 4 is 40.0 Å². The quantitative estimate of drug-likeness (QED) is 0.498. The largest absolute Gasteiger partial charge is 0.378 e. The van der Waals surface area contributed by atoms with E-state index >= 15 is 0 Å². The third-order valence-corrected chi connectivity index (χ3v) is 5.59. The first kappa shape index (κ1) is 18.0. The van der Waals surface area contributed by atoms with Gasteiger partial charge in [-0.15, -0.1) is 0 Å². The van der Waals surface area contributed by atoms with Crippen LogP contribution in [-0.4, -0.2) is 37.5 Å². The predicted molar refractivity (Wildman–Crippen MR) is 113 cm³/mol. The topological polar surface area (TPSA) is 49.8 Å². The molecular weight excluding hydrogens is 380 g/mol. The third kappa shape index (κ3) is 4.30. The minimum Gasteiger partial charge on any atom is -0.378 e. The molecule has 0 radical (unpaired) electrons. The van der Waals surface area contributed by atoms with E-state index in [1.165, 1.54) is 0 Å². The van der Waals surface area contributed by atoms with Crippen molar-refractivity contribution in [3.05, 3.63) is 64.5 Å². The van der Waals surface area contributed by atoms with Gasteiger partial charge in [0.05, 0.1) is 40.7 Å². The molecule has 5 nitrogen and oxygen atoms in total. The highest BCUT2D eigenvalue weighted by Crippen LogP contribution is 2.32. The molecule has 0 spiro atoms. The first-order chi connectivity index (χ1) is 13.3. The van der Waals surface area contributed by atoms with Gasteiger partial charge < -0.3 is 9.64 Å². The van der Waals surface area contributed by atoms with E-state index in [1.54, 1.807) is 11.3 Å². The van der Waals surface area contributed by atoms with Crippen LogP contribution in [0.2, 0.25) is 5.02 Å². The number of ether oxygens (including phenoxy) is 1. The van der Waals surface area contributed by atoms with Crippen molar-refractivity contribution in [2.75, 3.05) is 36.6 Å². The lowest BCUT2D eigenvalue weighted by Crippen LogP contribution is -2.36. The number of thiazole rings is 1. The number of hydrogen-bond donors (Lipinski definition) is 1. The molecule has 27 heavy (non-hydrogen) atoms. The summed E-state index contributed by atoms with van der Waals surface area (Å²) >= 11 is 7.81. The van der Waals surface area contributed by atoms with Crippen LogP contribution in [0.15, 0.2) is 59.7 Å². The Balaban J connectivity index is 1.62. The van der Waals surface area contributed by atoms with Crippen molar-refractivity contribution in [1.82, 2.24) is 4.98 Å². The summed E-state index contributed by atoms with van der Waals surface area (Å²) < 4.78 is 5.45. The number of para-hydroxylation sites is 1. The molecule has 2 heterocycles. The van der Waals surface area contributed by atoms with Crippen LogP contribution in [0.4, 0.5) is 10.8 Å². The number of hydrogen-bond acceptors (Lipinski definition) is 6. The Morgan fingerprint density at radius 2 is 1.81 bits per heavy atom. The monoisotopic (exact) mass is 398 g/mol. The average molecular weight is 399 g/mol. The van der Waals surface area contributed by atoms with E-state index in [-0.39, 0.29) is 0 Å². The Kier molecular flexibility index (Phi) is 5.67. The van der Waals surface area contributed by atoms with E-state index < -0.39 is 0 Å². The van der Waals surface area contributed by atoms with Crippen molar-refractivity contribution in [2.45, 2.75) is 0 Å². The molecule has 2 aromatic carbocycles. The molecule has 0 bridgehead atoms. The summed E-state index contributed by atoms with van der Waals surface area (Å²) in [6.07, 6.45) is 1.81. The lowest BCUT2D eigenvalue weighted by atomic mass is 10.1. The fraction of sp³-hybridized carbons (Fsp3) is 0.200. The van der Waals surface area contributed by atoms with Crippen molar-refractivity contribution in [3.8, 4) is 11.3 Å². The molecule has 0 aliphatic carbocycles. The number of aromatic nitrogens is 1. The second-order valence-corrected chi connectivity index (χ2v) is 7.44. The van der Waals surface area contributed by atoms with Gasteiger partial charge in [-0.05, 0) is 12.1 Å². The Labute approximate surface area is 167 Å². The van der Waals surface area contributed by atoms with E-state index in [4.69, 9.17) is 21.3 Å². The molecule has 138 valence electrons. The highest BCUT2D eigenvalue weighted by Gasteiger charge is 2.18. The molecule has 1 saturated heterocycles. The molecular formula is C20H19ClN4OS. The maximum absolute atomic E-state index is 6.17. The second kappa shape index (κ2) is 8.52. The highest BCUT2D eigenvalue weighted by atomic mass is 35.5. The molecule has 0 unspecified atom stereocenters. The zero-order chi connectivity index (χ0) is 18.5. The lowest BCUT2D eigenvalue weighted by molar-refractivity contribution is 0.122. The molecule has 1 aliphatic heterocycles. The molecule has 0 saturated carbocycles. The third-order valence-electron chi connectivity index (χ3n) is 4.21. The number of nitrogens with one attached hydrogen (secondary N) is 1. The Hall–Kier alpha value is -2.41. The number of hydrazone groups is 1. The van der Waals surface area contributed by atoms with Gasteiger partial charge in [-0.2, -0.15) is 5.10 Å². The van der Waals surface area contributed by atoms with E-state index in [0.29, 0.717) is 5.02 Å². The zero-order valence-corrected chi connectivity index (χ0v) is 16.2. The van der Waals surface area contributed by atoms with Crippen LogP contribution in [0.25, 0.3) is 11.3 Å². The molecule has 7 heteroatoms. The highest BCUT2D eigenvalue weighted by molar-refractivity contribution is 7.17. The Bertz CT molecular complexity index is 923. The number of halogens is 1. The first-order valence-corrected chi connectivity index (χ1v) is 9.93. The number of nitrogens with zero attached hydrogens (tertiary/aromatic N) is 3. The normalized spacial score (nSPS) is 14.6. The van der Waals surface area contributed by atoms with Gasteiger partial charge in [0.25, 0.3) is 0 Å². The summed E-state index contributed by atoms with van der Waals surface area (Å²) in [7, 11) is 0.